The number of carbonyl (C=O) groups is 1. The molecule has 0 radical (unpaired) electrons. The zero-order valence-corrected chi connectivity index (χ0v) is 5.60. The van der Waals surface area contributed by atoms with Gasteiger partial charge in [-0.2, -0.15) is 0 Å². The molecule has 4 heteroatoms. The molecule has 0 aromatic rings. The Morgan fingerprint density at radius 2 is 2.50 bits per heavy atom. The number of amides is 1. The molecule has 3 nitrogen and oxygen atoms in total. The van der Waals surface area contributed by atoms with Crippen LogP contribution in [0.2, 0.25) is 0 Å². The summed E-state index contributed by atoms with van der Waals surface area (Å²) in [6, 6.07) is 0. The maximum absolute atomic E-state index is 9.72. The summed E-state index contributed by atoms with van der Waals surface area (Å²) in [7, 11) is 0.586. The van der Waals surface area contributed by atoms with Crippen molar-refractivity contribution in [2.24, 2.45) is 5.73 Å². The maximum atomic E-state index is 9.72. The Morgan fingerprint density at radius 3 is 2.50 bits per heavy atom. The van der Waals surface area contributed by atoms with Crippen LogP contribution in [0.3, 0.4) is 0 Å². The maximum Gasteiger partial charge on any atom is 0.242 e. The normalized spacial score (nSPS) is 8.67. The summed E-state index contributed by atoms with van der Waals surface area (Å²) in [6.45, 7) is 0.0756. The lowest BCUT2D eigenvalue weighted by molar-refractivity contribution is -0.119. The monoisotopic (exact) mass is 105 g/mol. The van der Waals surface area contributed by atoms with Gasteiger partial charge < -0.3 is 10.2 Å². The van der Waals surface area contributed by atoms with Crippen LogP contribution in [0.25, 0.3) is 0 Å². The topological polar surface area (TPSA) is 52.3 Å². The SMILES string of the molecule is NC(=O)CO[SiH3]. The van der Waals surface area contributed by atoms with E-state index in [4.69, 9.17) is 0 Å². The van der Waals surface area contributed by atoms with Crippen molar-refractivity contribution in [1.29, 1.82) is 0 Å². The molecule has 0 atom stereocenters. The highest BCUT2D eigenvalue weighted by molar-refractivity contribution is 5.99. The van der Waals surface area contributed by atoms with Gasteiger partial charge in [0.25, 0.3) is 0 Å². The van der Waals surface area contributed by atoms with Crippen molar-refractivity contribution in [2.75, 3.05) is 6.61 Å². The Hall–Kier alpha value is -0.353. The molecular weight excluding hydrogens is 98.1 g/mol. The van der Waals surface area contributed by atoms with E-state index < -0.39 is 5.91 Å². The molecule has 0 saturated heterocycles. The molecule has 0 rings (SSSR count). The smallest absolute Gasteiger partial charge is 0.242 e. The van der Waals surface area contributed by atoms with Crippen molar-refractivity contribution in [1.82, 2.24) is 0 Å². The molecule has 0 aromatic carbocycles. The van der Waals surface area contributed by atoms with Crippen LogP contribution in [0.5, 0.6) is 0 Å². The van der Waals surface area contributed by atoms with Gasteiger partial charge in [-0.1, -0.05) is 0 Å². The minimum Gasteiger partial charge on any atom is -0.419 e. The van der Waals surface area contributed by atoms with E-state index in [9.17, 15) is 4.79 Å². The molecule has 0 fully saturated rings. The van der Waals surface area contributed by atoms with E-state index in [0.717, 1.165) is 0 Å². The second-order valence-electron chi connectivity index (χ2n) is 0.899. The summed E-state index contributed by atoms with van der Waals surface area (Å²) in [5.41, 5.74) is 4.66. The van der Waals surface area contributed by atoms with E-state index in [1.54, 1.807) is 0 Å². The molecule has 0 unspecified atom stereocenters. The lowest BCUT2D eigenvalue weighted by Gasteiger charge is -1.86. The fourth-order valence-corrected chi connectivity index (χ4v) is 0.427. The molecule has 0 bridgehead atoms. The molecule has 36 valence electrons. The van der Waals surface area contributed by atoms with Gasteiger partial charge in [0.2, 0.25) is 5.91 Å². The van der Waals surface area contributed by atoms with Crippen LogP contribution < -0.4 is 5.73 Å². The Kier molecular flexibility index (Phi) is 2.69. The first kappa shape index (κ1) is 5.65. The van der Waals surface area contributed by atoms with Crippen LogP contribution in [0, 0.1) is 0 Å². The number of hydrogen-bond acceptors (Lipinski definition) is 2. The van der Waals surface area contributed by atoms with Crippen LogP contribution >= 0.6 is 0 Å². The summed E-state index contributed by atoms with van der Waals surface area (Å²) in [6.07, 6.45) is 0. The van der Waals surface area contributed by atoms with Crippen molar-refractivity contribution in [2.45, 2.75) is 0 Å². The van der Waals surface area contributed by atoms with Gasteiger partial charge in [0.15, 0.2) is 0 Å². The van der Waals surface area contributed by atoms with Crippen LogP contribution in [-0.4, -0.2) is 23.0 Å². The third-order valence-electron chi connectivity index (χ3n) is 0.287. The molecule has 0 aliphatic carbocycles. The number of nitrogens with two attached hydrogens (primary N) is 1. The highest BCUT2D eigenvalue weighted by Gasteiger charge is 1.83. The fraction of sp³-hybridized carbons (Fsp3) is 0.500. The van der Waals surface area contributed by atoms with E-state index in [1.165, 1.54) is 0 Å². The third kappa shape index (κ3) is 3.65. The highest BCUT2D eigenvalue weighted by Crippen LogP contribution is 1.56. The van der Waals surface area contributed by atoms with Gasteiger partial charge in [0.05, 0.1) is 0 Å². The lowest BCUT2D eigenvalue weighted by atomic mass is 10.7. The largest absolute Gasteiger partial charge is 0.419 e. The number of carbonyl (C=O) groups excluding carboxylic acids is 1. The van der Waals surface area contributed by atoms with E-state index >= 15 is 0 Å². The molecule has 0 aliphatic rings. The Morgan fingerprint density at radius 1 is 2.00 bits per heavy atom. The van der Waals surface area contributed by atoms with Gasteiger partial charge in [-0.15, -0.1) is 0 Å². The molecule has 0 heterocycles. The summed E-state index contributed by atoms with van der Waals surface area (Å²) in [5, 5.41) is 0. The summed E-state index contributed by atoms with van der Waals surface area (Å²) in [4.78, 5) is 9.72. The summed E-state index contributed by atoms with van der Waals surface area (Å²) >= 11 is 0. The van der Waals surface area contributed by atoms with E-state index in [1.807, 2.05) is 0 Å². The average Bonchev–Trinajstić information content (AvgIpc) is 1.35. The van der Waals surface area contributed by atoms with E-state index in [-0.39, 0.29) is 6.61 Å². The first-order chi connectivity index (χ1) is 2.77. The molecular formula is C2H7NO2Si. The first-order valence-corrected chi connectivity index (χ1v) is 2.36. The Bertz CT molecular complexity index is 55.5. The number of hydrogen-bond donors (Lipinski definition) is 1. The Labute approximate surface area is 39.0 Å². The van der Waals surface area contributed by atoms with Gasteiger partial charge in [0.1, 0.15) is 17.1 Å². The Balaban J connectivity index is 2.83. The van der Waals surface area contributed by atoms with Crippen LogP contribution in [0.15, 0.2) is 0 Å². The van der Waals surface area contributed by atoms with Crippen molar-refractivity contribution in [3.05, 3.63) is 0 Å². The van der Waals surface area contributed by atoms with Crippen LogP contribution in [0.1, 0.15) is 0 Å². The van der Waals surface area contributed by atoms with Gasteiger partial charge in [0, 0.05) is 0 Å². The van der Waals surface area contributed by atoms with Crippen molar-refractivity contribution in [3.8, 4) is 0 Å². The summed E-state index contributed by atoms with van der Waals surface area (Å²) in [5.74, 6) is -0.398. The number of primary amides is 1. The molecule has 0 spiro atoms. The molecule has 0 aliphatic heterocycles. The quantitative estimate of drug-likeness (QED) is 0.404. The van der Waals surface area contributed by atoms with Gasteiger partial charge in [-0.25, -0.2) is 0 Å². The minimum absolute atomic E-state index is 0.0756. The van der Waals surface area contributed by atoms with E-state index in [2.05, 4.69) is 10.2 Å². The molecule has 6 heavy (non-hydrogen) atoms. The zero-order chi connectivity index (χ0) is 4.99. The number of rotatable bonds is 2. The molecule has 0 saturated carbocycles. The summed E-state index contributed by atoms with van der Waals surface area (Å²) < 4.78 is 4.47. The van der Waals surface area contributed by atoms with Crippen molar-refractivity contribution in [3.63, 3.8) is 0 Å². The van der Waals surface area contributed by atoms with Gasteiger partial charge in [-0.05, 0) is 0 Å². The second-order valence-corrected chi connectivity index (χ2v) is 1.48. The van der Waals surface area contributed by atoms with Crippen molar-refractivity contribution < 1.29 is 9.22 Å². The van der Waals surface area contributed by atoms with Gasteiger partial charge in [-0.3, -0.25) is 4.79 Å². The van der Waals surface area contributed by atoms with E-state index in [0.29, 0.717) is 10.5 Å². The second kappa shape index (κ2) is 2.86. The molecule has 0 aromatic heterocycles. The fourth-order valence-electron chi connectivity index (χ4n) is 0.142. The molecule has 1 amide bonds. The van der Waals surface area contributed by atoms with Crippen LogP contribution in [-0.2, 0) is 9.22 Å². The highest BCUT2D eigenvalue weighted by atomic mass is 28.2. The predicted octanol–water partition coefficient (Wildman–Crippen LogP) is -2.23. The minimum atomic E-state index is -0.398. The zero-order valence-electron chi connectivity index (χ0n) is 3.60. The first-order valence-electron chi connectivity index (χ1n) is 1.54. The standard InChI is InChI=1S/C2H7NO2Si/c3-2(4)1-5-6/h1H2,6H3,(H2,3,4). The lowest BCUT2D eigenvalue weighted by Crippen LogP contribution is -2.16. The average molecular weight is 105 g/mol. The third-order valence-corrected chi connectivity index (χ3v) is 0.575. The van der Waals surface area contributed by atoms with Crippen molar-refractivity contribution >= 4 is 16.4 Å². The molecule has 2 N–H and O–H groups in total. The predicted molar refractivity (Wildman–Crippen MR) is 25.1 cm³/mol. The van der Waals surface area contributed by atoms with Crippen LogP contribution in [0.4, 0.5) is 0 Å². The van der Waals surface area contributed by atoms with Gasteiger partial charge >= 0.3 is 0 Å².